The Morgan fingerprint density at radius 1 is 0.926 bits per heavy atom. The summed E-state index contributed by atoms with van der Waals surface area (Å²) in [6.45, 7) is -2.10. The van der Waals surface area contributed by atoms with E-state index in [0.717, 1.165) is 29.4 Å². The molecular formula is C35H57N4O26PS2. The number of nitrogens with one attached hydrogen (secondary N) is 1. The molecule has 1 amide bonds. The van der Waals surface area contributed by atoms with Crippen LogP contribution in [0, 0.1) is 0 Å². The van der Waals surface area contributed by atoms with Crippen LogP contribution >= 0.6 is 31.3 Å². The molecule has 0 spiro atoms. The maximum absolute atomic E-state index is 13.7. The number of carbonyl (C=O) groups is 2. The van der Waals surface area contributed by atoms with Crippen molar-refractivity contribution < 1.29 is 123 Å². The van der Waals surface area contributed by atoms with Gasteiger partial charge in [0.05, 0.1) is 43.3 Å². The molecule has 0 saturated carbocycles. The fourth-order valence-electron chi connectivity index (χ4n) is 7.71. The normalized spacial score (nSPS) is 40.6. The Hall–Kier alpha value is -2.29. The number of anilines is 1. The number of phosphoric ester groups is 1. The Morgan fingerprint density at radius 3 is 2.18 bits per heavy atom. The van der Waals surface area contributed by atoms with Gasteiger partial charge in [-0.3, -0.25) is 13.9 Å². The Bertz CT molecular complexity index is 1950. The van der Waals surface area contributed by atoms with Crippen molar-refractivity contribution in [1.82, 2.24) is 14.9 Å². The van der Waals surface area contributed by atoms with E-state index in [9.17, 15) is 90.2 Å². The summed E-state index contributed by atoms with van der Waals surface area (Å²) in [6, 6.07) is -0.646. The van der Waals surface area contributed by atoms with Crippen molar-refractivity contribution in [3.05, 3.63) is 22.7 Å². The first kappa shape index (κ1) is 56.6. The quantitative estimate of drug-likeness (QED) is 0.0402. The Balaban J connectivity index is 1.32. The molecule has 1 unspecified atom stereocenters. The van der Waals surface area contributed by atoms with Crippen LogP contribution in [0.5, 0.6) is 0 Å². The van der Waals surface area contributed by atoms with Crippen molar-refractivity contribution in [3.8, 4) is 0 Å². The molecule has 17 N–H and O–H groups in total. The fourth-order valence-corrected chi connectivity index (χ4v) is 11.3. The zero-order valence-corrected chi connectivity index (χ0v) is 38.4. The largest absolute Gasteiger partial charge is 0.477 e. The number of carbonyl (C=O) groups excluding carboxylic acids is 1. The smallest absolute Gasteiger partial charge is 0.475 e. The number of phosphoric acid groups is 1. The highest BCUT2D eigenvalue weighted by atomic mass is 32.2. The molecule has 30 nitrogen and oxygen atoms in total. The van der Waals surface area contributed by atoms with Crippen molar-refractivity contribution in [3.63, 3.8) is 0 Å². The van der Waals surface area contributed by atoms with Crippen molar-refractivity contribution in [2.75, 3.05) is 49.9 Å². The first-order valence-electron chi connectivity index (χ1n) is 20.5. The van der Waals surface area contributed by atoms with Crippen LogP contribution in [0.3, 0.4) is 0 Å². The van der Waals surface area contributed by atoms with Crippen LogP contribution in [0.15, 0.2) is 17.1 Å². The van der Waals surface area contributed by atoms with E-state index >= 15 is 0 Å². The number of hydrogen-bond acceptors (Lipinski definition) is 28. The topological polar surface area (TPSA) is 481 Å². The van der Waals surface area contributed by atoms with Gasteiger partial charge in [-0.1, -0.05) is 0 Å². The second kappa shape index (κ2) is 24.0. The number of aliphatic carboxylic acids is 1. The van der Waals surface area contributed by atoms with Gasteiger partial charge in [0, 0.05) is 37.5 Å². The molecule has 0 radical (unpaired) electrons. The highest BCUT2D eigenvalue weighted by Gasteiger charge is 2.65. The molecule has 1 aromatic heterocycles. The molecule has 5 heterocycles. The number of aliphatic hydroxyl groups is 12. The van der Waals surface area contributed by atoms with Gasteiger partial charge in [0.15, 0.2) is 18.8 Å². The summed E-state index contributed by atoms with van der Waals surface area (Å²) >= 11 is 1.46. The summed E-state index contributed by atoms with van der Waals surface area (Å²) < 4.78 is 57.4. The van der Waals surface area contributed by atoms with Gasteiger partial charge in [0.1, 0.15) is 85.2 Å². The maximum atomic E-state index is 13.7. The number of aliphatic hydroxyl groups excluding tert-OH is 12. The first-order valence-corrected chi connectivity index (χ1v) is 24.2. The lowest BCUT2D eigenvalue weighted by Gasteiger charge is -2.50. The third-order valence-corrected chi connectivity index (χ3v) is 14.9. The van der Waals surface area contributed by atoms with Gasteiger partial charge in [-0.05, 0) is 6.07 Å². The van der Waals surface area contributed by atoms with E-state index in [-0.39, 0.29) is 23.1 Å². The molecule has 33 heteroatoms. The number of aromatic nitrogens is 2. The second-order valence-corrected chi connectivity index (χ2v) is 19.7. The zero-order chi connectivity index (χ0) is 50.6. The van der Waals surface area contributed by atoms with E-state index in [2.05, 4.69) is 10.3 Å². The van der Waals surface area contributed by atoms with Crippen LogP contribution in [-0.4, -0.2) is 258 Å². The van der Waals surface area contributed by atoms with Crippen molar-refractivity contribution >= 4 is 49.0 Å². The minimum atomic E-state index is -5.85. The molecule has 22 atom stereocenters. The fraction of sp³-hybridized carbons (Fsp3) is 0.829. The third-order valence-electron chi connectivity index (χ3n) is 11.2. The van der Waals surface area contributed by atoms with Gasteiger partial charge >= 0.3 is 19.5 Å². The second-order valence-electron chi connectivity index (χ2n) is 15.9. The molecular weight excluding hydrogens is 987 g/mol. The van der Waals surface area contributed by atoms with Crippen molar-refractivity contribution in [1.29, 1.82) is 0 Å². The van der Waals surface area contributed by atoms with E-state index in [4.69, 9.17) is 43.2 Å². The number of nitrogen functional groups attached to an aromatic ring is 1. The molecule has 4 aliphatic rings. The van der Waals surface area contributed by atoms with Crippen LogP contribution < -0.4 is 16.7 Å². The van der Waals surface area contributed by atoms with E-state index in [1.165, 1.54) is 13.2 Å². The Morgan fingerprint density at radius 2 is 1.57 bits per heavy atom. The van der Waals surface area contributed by atoms with E-state index < -0.39 is 173 Å². The van der Waals surface area contributed by atoms with E-state index in [0.29, 0.717) is 11.8 Å². The lowest BCUT2D eigenvalue weighted by molar-refractivity contribution is -0.353. The zero-order valence-electron chi connectivity index (χ0n) is 35.8. The van der Waals surface area contributed by atoms with Crippen LogP contribution in [0.1, 0.15) is 13.2 Å². The maximum Gasteiger partial charge on any atom is 0.475 e. The average molecular weight is 1040 g/mol. The molecule has 5 rings (SSSR count). The van der Waals surface area contributed by atoms with Crippen LogP contribution in [0.25, 0.3) is 0 Å². The number of amides is 1. The third kappa shape index (κ3) is 12.5. The number of nitrogens with zero attached hydrogens (tertiary/aromatic N) is 2. The molecule has 0 aliphatic carbocycles. The number of methoxy groups -OCH3 is 1. The summed E-state index contributed by atoms with van der Waals surface area (Å²) in [5.74, 6) is -7.39. The SMILES string of the molecule is CO[C@@H]1O[C@H](CO)[C@H](O[C@@H]2O[C@H](CSCCS[C@@H]3[C@H](O)[C@@H](NC(C)=O)[C@H]([C@H](O)[C@H](O)CO)O[C@]3(OP(=O)(O)OC[C@H]3O[C@@H](n4ccc(N)nc4=O)[C@H](O)[C@@H]3O)C(=O)O)[C@H](O)[C@H](O)[C@H]2O)[C@H](O)[C@H]1O. The lowest BCUT2D eigenvalue weighted by Crippen LogP contribution is -2.73. The van der Waals surface area contributed by atoms with Crippen LogP contribution in [-0.2, 0) is 51.6 Å². The predicted octanol–water partition coefficient (Wildman–Crippen LogP) is -8.55. The highest BCUT2D eigenvalue weighted by Crippen LogP contribution is 2.53. The molecule has 68 heavy (non-hydrogen) atoms. The minimum absolute atomic E-state index is 0.0763. The number of thioether (sulfide) groups is 2. The molecule has 390 valence electrons. The summed E-state index contributed by atoms with van der Waals surface area (Å²) in [5, 5.41) is 138. The molecule has 0 bridgehead atoms. The molecule has 4 aliphatic heterocycles. The number of ether oxygens (including phenoxy) is 6. The Labute approximate surface area is 393 Å². The van der Waals surface area contributed by atoms with E-state index in [1.807, 2.05) is 0 Å². The number of nitrogens with two attached hydrogens (primary N) is 1. The number of rotatable bonds is 21. The van der Waals surface area contributed by atoms with Gasteiger partial charge in [0.25, 0.3) is 5.79 Å². The summed E-state index contributed by atoms with van der Waals surface area (Å²) in [6.07, 6.45) is -31.3. The monoisotopic (exact) mass is 1040 g/mol. The van der Waals surface area contributed by atoms with Gasteiger partial charge in [-0.25, -0.2) is 18.7 Å². The standard InChI is InChI=1S/C35H57N4O26PS2/c1-11(42)37-17-21(47)29(68-6-5-67-10-15-20(46)22(48)25(51)32(62-15)63-27-13(8-41)61-31(58-2)26(52)23(27)49)35(33(53)54,64-28(17)18(44)12(43)7-40)65-66(56,57)59-9-14-19(45)24(50)30(60-14)39-4-3-16(36)38-34(39)55/h3-4,12-15,17-32,40-41,43-52H,5-10H2,1-2H3,(H,37,42)(H,53,54)(H,56,57)(H2,36,38,55)/t12-,13-,14-,15-,17-,18-,19-,20+,21-,22+,23-,24-,25-,26-,27+,28-,29-,30-,31-,32+,35-/m1/s1. The summed E-state index contributed by atoms with van der Waals surface area (Å²) in [5.41, 5.74) is 4.48. The van der Waals surface area contributed by atoms with E-state index in [1.54, 1.807) is 0 Å². The highest BCUT2D eigenvalue weighted by molar-refractivity contribution is 8.03. The van der Waals surface area contributed by atoms with Crippen molar-refractivity contribution in [2.45, 2.75) is 134 Å². The lowest BCUT2D eigenvalue weighted by atomic mass is 9.88. The average Bonchev–Trinajstić information content (AvgIpc) is 3.57. The van der Waals surface area contributed by atoms with Crippen LogP contribution in [0.4, 0.5) is 5.82 Å². The van der Waals surface area contributed by atoms with Gasteiger partial charge in [-0.15, -0.1) is 11.8 Å². The summed E-state index contributed by atoms with van der Waals surface area (Å²) in [7, 11) is -4.68. The number of carboxylic acids is 1. The van der Waals surface area contributed by atoms with Crippen molar-refractivity contribution in [2.24, 2.45) is 0 Å². The number of hydrogen-bond donors (Lipinski definition) is 16. The minimum Gasteiger partial charge on any atom is -0.477 e. The number of carboxylic acid groups (broad SMARTS) is 1. The van der Waals surface area contributed by atoms with Gasteiger partial charge in [-0.2, -0.15) is 16.7 Å². The first-order chi connectivity index (χ1) is 31.9. The summed E-state index contributed by atoms with van der Waals surface area (Å²) in [4.78, 5) is 52.5. The molecule has 4 fully saturated rings. The Kier molecular flexibility index (Phi) is 19.9. The molecule has 0 aromatic carbocycles. The molecule has 4 saturated heterocycles. The van der Waals surface area contributed by atoms with Gasteiger partial charge in [0.2, 0.25) is 5.91 Å². The predicted molar refractivity (Wildman–Crippen MR) is 224 cm³/mol. The van der Waals surface area contributed by atoms with Gasteiger partial charge < -0.3 is 111 Å². The van der Waals surface area contributed by atoms with Crippen LogP contribution in [0.2, 0.25) is 0 Å². The molecule has 1 aromatic rings.